The van der Waals surface area contributed by atoms with Crippen LogP contribution in [-0.2, 0) is 6.54 Å². The Morgan fingerprint density at radius 2 is 0.929 bits per heavy atom. The largest absolute Gasteiger partial charge is 0.383 e. The van der Waals surface area contributed by atoms with Gasteiger partial charge in [0.15, 0.2) is 0 Å². The van der Waals surface area contributed by atoms with Crippen LogP contribution in [-0.4, -0.2) is 15.0 Å². The number of nitrogens with two attached hydrogens (primary N) is 1. The summed E-state index contributed by atoms with van der Waals surface area (Å²) in [5.41, 5.74) is 19.1. The number of nitrogens with one attached hydrogen (secondary N) is 1. The number of amidine groups is 1. The Labute approximate surface area is 325 Å². The average molecular weight is 722 g/mol. The van der Waals surface area contributed by atoms with E-state index in [2.05, 4.69) is 178 Å². The molecule has 3 N–H and O–H groups in total. The van der Waals surface area contributed by atoms with E-state index in [4.69, 9.17) is 10.7 Å². The molecule has 0 radical (unpaired) electrons. The molecular weight excluding hydrogens is 683 g/mol. The third-order valence-electron chi connectivity index (χ3n) is 10.8. The average Bonchev–Trinajstić information content (AvgIpc) is 3.78. The molecule has 0 amide bonds. The SMILES string of the molecule is N/C(=N\C(NCc1ccccc1)c1ccc(-n2c3ccccc3c3cc(-c4ccc5c(c4)c4ccccc4n5-c4ccccc4)ccc32)cc1)c1ccccc1. The van der Waals surface area contributed by atoms with Gasteiger partial charge in [0.05, 0.1) is 22.1 Å². The quantitative estimate of drug-likeness (QED) is 0.115. The fourth-order valence-corrected chi connectivity index (χ4v) is 8.11. The maximum absolute atomic E-state index is 6.57. The van der Waals surface area contributed by atoms with Crippen molar-refractivity contribution < 1.29 is 0 Å². The zero-order chi connectivity index (χ0) is 37.4. The van der Waals surface area contributed by atoms with Gasteiger partial charge in [0.1, 0.15) is 12.0 Å². The van der Waals surface area contributed by atoms with Gasteiger partial charge in [-0.2, -0.15) is 0 Å². The van der Waals surface area contributed by atoms with Gasteiger partial charge in [-0.1, -0.05) is 140 Å². The molecule has 2 heterocycles. The van der Waals surface area contributed by atoms with E-state index < -0.39 is 0 Å². The molecule has 0 fully saturated rings. The predicted molar refractivity (Wildman–Crippen MR) is 234 cm³/mol. The second kappa shape index (κ2) is 14.2. The molecule has 268 valence electrons. The molecule has 8 aromatic carbocycles. The molecule has 0 saturated carbocycles. The van der Waals surface area contributed by atoms with Crippen molar-refractivity contribution in [2.75, 3.05) is 0 Å². The number of fused-ring (bicyclic) bond motifs is 6. The van der Waals surface area contributed by atoms with Crippen molar-refractivity contribution >= 4 is 49.4 Å². The highest BCUT2D eigenvalue weighted by molar-refractivity contribution is 6.12. The third-order valence-corrected chi connectivity index (χ3v) is 10.8. The van der Waals surface area contributed by atoms with Gasteiger partial charge in [0.2, 0.25) is 0 Å². The first-order valence-corrected chi connectivity index (χ1v) is 19.1. The smallest absolute Gasteiger partial charge is 0.128 e. The molecule has 0 bridgehead atoms. The monoisotopic (exact) mass is 721 g/mol. The van der Waals surface area contributed by atoms with Crippen LogP contribution < -0.4 is 11.1 Å². The van der Waals surface area contributed by atoms with Crippen molar-refractivity contribution in [2.24, 2.45) is 10.7 Å². The van der Waals surface area contributed by atoms with Crippen molar-refractivity contribution in [3.05, 3.63) is 217 Å². The van der Waals surface area contributed by atoms with Gasteiger partial charge in [0, 0.05) is 45.0 Å². The second-order valence-electron chi connectivity index (χ2n) is 14.2. The summed E-state index contributed by atoms with van der Waals surface area (Å²) in [6.45, 7) is 0.663. The van der Waals surface area contributed by atoms with Gasteiger partial charge < -0.3 is 14.9 Å². The molecule has 5 nitrogen and oxygen atoms in total. The van der Waals surface area contributed by atoms with Crippen LogP contribution in [0.1, 0.15) is 22.9 Å². The lowest BCUT2D eigenvalue weighted by atomic mass is 10.0. The summed E-state index contributed by atoms with van der Waals surface area (Å²) in [4.78, 5) is 4.99. The highest BCUT2D eigenvalue weighted by atomic mass is 15.1. The number of nitrogens with zero attached hydrogens (tertiary/aromatic N) is 3. The minimum Gasteiger partial charge on any atom is -0.383 e. The lowest BCUT2D eigenvalue weighted by molar-refractivity contribution is 0.554. The van der Waals surface area contributed by atoms with Crippen LogP contribution in [0, 0.1) is 0 Å². The van der Waals surface area contributed by atoms with E-state index in [1.165, 1.54) is 54.8 Å². The third kappa shape index (κ3) is 6.01. The lowest BCUT2D eigenvalue weighted by Gasteiger charge is -2.18. The molecule has 2 aromatic heterocycles. The Balaban J connectivity index is 1.03. The fourth-order valence-electron chi connectivity index (χ4n) is 8.11. The number of rotatable bonds is 9. The molecule has 10 rings (SSSR count). The van der Waals surface area contributed by atoms with Crippen molar-refractivity contribution in [2.45, 2.75) is 12.7 Å². The van der Waals surface area contributed by atoms with E-state index in [1.54, 1.807) is 0 Å². The Bertz CT molecular complexity index is 3010. The molecule has 1 atom stereocenters. The van der Waals surface area contributed by atoms with Gasteiger partial charge in [0.25, 0.3) is 0 Å². The van der Waals surface area contributed by atoms with Gasteiger partial charge in [-0.25, -0.2) is 4.99 Å². The Morgan fingerprint density at radius 1 is 0.464 bits per heavy atom. The van der Waals surface area contributed by atoms with Gasteiger partial charge >= 0.3 is 0 Å². The number of benzene rings is 8. The minimum atomic E-state index is -0.329. The van der Waals surface area contributed by atoms with E-state index in [1.807, 2.05) is 36.4 Å². The fraction of sp³-hybridized carbons (Fsp3) is 0.0392. The summed E-state index contributed by atoms with van der Waals surface area (Å²) in [7, 11) is 0. The highest BCUT2D eigenvalue weighted by Gasteiger charge is 2.17. The zero-order valence-electron chi connectivity index (χ0n) is 30.8. The van der Waals surface area contributed by atoms with E-state index in [0.29, 0.717) is 12.4 Å². The molecule has 10 aromatic rings. The maximum Gasteiger partial charge on any atom is 0.128 e. The molecule has 0 aliphatic rings. The predicted octanol–water partition coefficient (Wildman–Crippen LogP) is 11.7. The highest BCUT2D eigenvalue weighted by Crippen LogP contribution is 2.38. The number of hydrogen-bond donors (Lipinski definition) is 2. The molecule has 0 saturated heterocycles. The first kappa shape index (κ1) is 33.4. The van der Waals surface area contributed by atoms with Crippen LogP contribution in [0.3, 0.4) is 0 Å². The summed E-state index contributed by atoms with van der Waals surface area (Å²) in [6.07, 6.45) is -0.329. The van der Waals surface area contributed by atoms with E-state index in [9.17, 15) is 0 Å². The Hall–Kier alpha value is -7.21. The number of aliphatic imine (C=N–C) groups is 1. The summed E-state index contributed by atoms with van der Waals surface area (Å²) in [5, 5.41) is 8.58. The molecule has 56 heavy (non-hydrogen) atoms. The number of aromatic nitrogens is 2. The van der Waals surface area contributed by atoms with Crippen LogP contribution in [0.4, 0.5) is 0 Å². The van der Waals surface area contributed by atoms with Gasteiger partial charge in [-0.3, -0.25) is 5.32 Å². The minimum absolute atomic E-state index is 0.329. The van der Waals surface area contributed by atoms with E-state index in [0.717, 1.165) is 28.0 Å². The second-order valence-corrected chi connectivity index (χ2v) is 14.2. The van der Waals surface area contributed by atoms with Crippen LogP contribution in [0.15, 0.2) is 205 Å². The first-order valence-electron chi connectivity index (χ1n) is 19.1. The molecule has 0 aliphatic carbocycles. The van der Waals surface area contributed by atoms with Crippen LogP contribution in [0.25, 0.3) is 66.1 Å². The standard InChI is InChI=1S/C51H39N5/c52-50(36-16-6-2-7-17-36)54-51(53-34-35-14-4-1-5-15-35)37-24-28-41(29-25-37)56-47-23-13-11-21-43(47)45-33-39(27-31-49(45)56)38-26-30-48-44(32-38)42-20-10-12-22-46(42)55(48)40-18-8-3-9-19-40/h1-33,51,53H,34H2,(H2,52,54). The van der Waals surface area contributed by atoms with Crippen molar-refractivity contribution in [1.82, 2.24) is 14.5 Å². The maximum atomic E-state index is 6.57. The molecule has 0 spiro atoms. The van der Waals surface area contributed by atoms with Crippen LogP contribution in [0.5, 0.6) is 0 Å². The Morgan fingerprint density at radius 3 is 1.50 bits per heavy atom. The van der Waals surface area contributed by atoms with Crippen molar-refractivity contribution in [3.63, 3.8) is 0 Å². The van der Waals surface area contributed by atoms with E-state index in [-0.39, 0.29) is 6.17 Å². The Kier molecular flexibility index (Phi) is 8.47. The summed E-state index contributed by atoms with van der Waals surface area (Å²) in [6, 6.07) is 70.8. The molecule has 0 aliphatic heterocycles. The first-order chi connectivity index (χ1) is 27.7. The zero-order valence-corrected chi connectivity index (χ0v) is 30.8. The number of para-hydroxylation sites is 3. The summed E-state index contributed by atoms with van der Waals surface area (Å²) >= 11 is 0. The van der Waals surface area contributed by atoms with Crippen molar-refractivity contribution in [1.29, 1.82) is 0 Å². The van der Waals surface area contributed by atoms with Gasteiger partial charge in [-0.15, -0.1) is 0 Å². The molecule has 5 heteroatoms. The topological polar surface area (TPSA) is 60.3 Å². The summed E-state index contributed by atoms with van der Waals surface area (Å²) in [5.74, 6) is 0.500. The lowest BCUT2D eigenvalue weighted by Crippen LogP contribution is -2.24. The molecule has 1 unspecified atom stereocenters. The van der Waals surface area contributed by atoms with E-state index >= 15 is 0 Å². The van der Waals surface area contributed by atoms with Crippen LogP contribution in [0.2, 0.25) is 0 Å². The van der Waals surface area contributed by atoms with Crippen molar-refractivity contribution in [3.8, 4) is 22.5 Å². The van der Waals surface area contributed by atoms with Gasteiger partial charge in [-0.05, 0) is 82.9 Å². The number of hydrogen-bond acceptors (Lipinski definition) is 2. The van der Waals surface area contributed by atoms with Crippen LogP contribution >= 0.6 is 0 Å². The normalized spacial score (nSPS) is 12.5. The molecular formula is C51H39N5. The summed E-state index contributed by atoms with van der Waals surface area (Å²) < 4.78 is 4.73.